The molecule has 9 heteroatoms. The van der Waals surface area contributed by atoms with E-state index < -0.39 is 11.0 Å². The number of pyridine rings is 1. The van der Waals surface area contributed by atoms with Gasteiger partial charge in [-0.25, -0.2) is 4.98 Å². The quantitative estimate of drug-likeness (QED) is 0.151. The van der Waals surface area contributed by atoms with Crippen LogP contribution in [-0.4, -0.2) is 34.3 Å². The standard InChI is InChI=1S/C28H27N5O4/c34-26(18-29-17-23-8-6-22(7-9-23)16-21-4-2-1-3-5-21)20-37-27-14-15-28(30-19-27)32-31-24-10-12-25(13-11-24)33(35)36/h1-15,19,26,29,34H,16-18,20H2. The number of aliphatic hydroxyl groups is 1. The van der Waals surface area contributed by atoms with E-state index in [1.807, 2.05) is 18.2 Å². The molecule has 1 aromatic heterocycles. The molecular weight excluding hydrogens is 470 g/mol. The van der Waals surface area contributed by atoms with Crippen molar-refractivity contribution in [2.24, 2.45) is 10.2 Å². The first-order valence-corrected chi connectivity index (χ1v) is 11.8. The molecule has 0 saturated heterocycles. The zero-order valence-corrected chi connectivity index (χ0v) is 20.1. The van der Waals surface area contributed by atoms with Crippen molar-refractivity contribution in [3.8, 4) is 5.75 Å². The summed E-state index contributed by atoms with van der Waals surface area (Å²) in [5, 5.41) is 32.2. The fourth-order valence-corrected chi connectivity index (χ4v) is 3.51. The first-order chi connectivity index (χ1) is 18.0. The number of azo groups is 1. The van der Waals surface area contributed by atoms with Gasteiger partial charge in [0.1, 0.15) is 18.5 Å². The maximum atomic E-state index is 10.7. The summed E-state index contributed by atoms with van der Waals surface area (Å²) in [4.78, 5) is 14.4. The van der Waals surface area contributed by atoms with E-state index in [-0.39, 0.29) is 12.3 Å². The number of ether oxygens (including phenoxy) is 1. The number of nitro benzene ring substituents is 1. The monoisotopic (exact) mass is 497 g/mol. The van der Waals surface area contributed by atoms with Gasteiger partial charge in [0.15, 0.2) is 5.82 Å². The number of aromatic nitrogens is 1. The summed E-state index contributed by atoms with van der Waals surface area (Å²) in [6, 6.07) is 27.9. The number of nitrogens with one attached hydrogen (secondary N) is 1. The van der Waals surface area contributed by atoms with Gasteiger partial charge in [-0.2, -0.15) is 0 Å². The van der Waals surface area contributed by atoms with Crippen molar-refractivity contribution in [1.82, 2.24) is 10.3 Å². The third kappa shape index (κ3) is 8.31. The Morgan fingerprint density at radius 1 is 0.892 bits per heavy atom. The van der Waals surface area contributed by atoms with Crippen LogP contribution in [0.5, 0.6) is 5.75 Å². The summed E-state index contributed by atoms with van der Waals surface area (Å²) < 4.78 is 5.61. The zero-order chi connectivity index (χ0) is 25.9. The fraction of sp³-hybridized carbons (Fsp3) is 0.179. The SMILES string of the molecule is O=[N+]([O-])c1ccc(N=Nc2ccc(OCC(O)CNCc3ccc(Cc4ccccc4)cc3)cn2)cc1. The van der Waals surface area contributed by atoms with Gasteiger partial charge >= 0.3 is 0 Å². The van der Waals surface area contributed by atoms with Crippen LogP contribution in [0.1, 0.15) is 16.7 Å². The highest BCUT2D eigenvalue weighted by Crippen LogP contribution is 2.21. The van der Waals surface area contributed by atoms with E-state index >= 15 is 0 Å². The lowest BCUT2D eigenvalue weighted by Crippen LogP contribution is -2.31. The van der Waals surface area contributed by atoms with Gasteiger partial charge in [0.25, 0.3) is 5.69 Å². The van der Waals surface area contributed by atoms with E-state index in [0.717, 1.165) is 12.0 Å². The molecule has 2 N–H and O–H groups in total. The highest BCUT2D eigenvalue weighted by atomic mass is 16.6. The van der Waals surface area contributed by atoms with Crippen molar-refractivity contribution in [1.29, 1.82) is 0 Å². The normalized spacial score (nSPS) is 11.9. The fourth-order valence-electron chi connectivity index (χ4n) is 3.51. The van der Waals surface area contributed by atoms with Gasteiger partial charge in [-0.05, 0) is 47.4 Å². The molecule has 1 atom stereocenters. The van der Waals surface area contributed by atoms with E-state index in [1.165, 1.54) is 41.6 Å². The molecule has 4 rings (SSSR count). The molecule has 0 aliphatic heterocycles. The average Bonchev–Trinajstić information content (AvgIpc) is 2.93. The van der Waals surface area contributed by atoms with E-state index in [1.54, 1.807) is 12.1 Å². The lowest BCUT2D eigenvalue weighted by Gasteiger charge is -2.13. The molecule has 37 heavy (non-hydrogen) atoms. The van der Waals surface area contributed by atoms with Crippen LogP contribution >= 0.6 is 0 Å². The Bertz CT molecular complexity index is 1300. The van der Waals surface area contributed by atoms with Crippen molar-refractivity contribution < 1.29 is 14.8 Å². The molecular formula is C28H27N5O4. The van der Waals surface area contributed by atoms with Crippen LogP contribution < -0.4 is 10.1 Å². The number of benzene rings is 3. The van der Waals surface area contributed by atoms with Gasteiger partial charge in [-0.1, -0.05) is 54.6 Å². The minimum Gasteiger partial charge on any atom is -0.489 e. The molecule has 0 aliphatic rings. The smallest absolute Gasteiger partial charge is 0.269 e. The Morgan fingerprint density at radius 2 is 1.59 bits per heavy atom. The Balaban J connectivity index is 1.16. The number of rotatable bonds is 12. The molecule has 0 amide bonds. The van der Waals surface area contributed by atoms with Crippen molar-refractivity contribution >= 4 is 17.2 Å². The molecule has 0 aliphatic carbocycles. The van der Waals surface area contributed by atoms with Gasteiger partial charge in [0.05, 0.1) is 16.8 Å². The highest BCUT2D eigenvalue weighted by Gasteiger charge is 2.07. The third-order valence-corrected chi connectivity index (χ3v) is 5.47. The lowest BCUT2D eigenvalue weighted by atomic mass is 10.0. The third-order valence-electron chi connectivity index (χ3n) is 5.47. The lowest BCUT2D eigenvalue weighted by molar-refractivity contribution is -0.384. The molecule has 4 aromatic rings. The van der Waals surface area contributed by atoms with Gasteiger partial charge in [-0.15, -0.1) is 10.2 Å². The van der Waals surface area contributed by atoms with Crippen molar-refractivity contribution in [2.45, 2.75) is 19.1 Å². The first kappa shape index (κ1) is 25.6. The van der Waals surface area contributed by atoms with Crippen LogP contribution in [0, 0.1) is 10.1 Å². The van der Waals surface area contributed by atoms with Gasteiger partial charge in [-0.3, -0.25) is 10.1 Å². The second-order valence-corrected chi connectivity index (χ2v) is 8.40. The Morgan fingerprint density at radius 3 is 2.27 bits per heavy atom. The van der Waals surface area contributed by atoms with Crippen LogP contribution in [0.3, 0.4) is 0 Å². The van der Waals surface area contributed by atoms with Gasteiger partial charge in [0, 0.05) is 25.2 Å². The molecule has 0 fully saturated rings. The highest BCUT2D eigenvalue weighted by molar-refractivity contribution is 5.44. The van der Waals surface area contributed by atoms with Crippen LogP contribution in [-0.2, 0) is 13.0 Å². The second kappa shape index (κ2) is 13.0. The number of hydrogen-bond acceptors (Lipinski definition) is 8. The van der Waals surface area contributed by atoms with Crippen molar-refractivity contribution in [2.75, 3.05) is 13.2 Å². The largest absolute Gasteiger partial charge is 0.489 e. The van der Waals surface area contributed by atoms with E-state index in [9.17, 15) is 15.2 Å². The topological polar surface area (TPSA) is 122 Å². The van der Waals surface area contributed by atoms with Gasteiger partial charge < -0.3 is 15.2 Å². The Labute approximate surface area is 214 Å². The minimum atomic E-state index is -0.682. The molecule has 0 saturated carbocycles. The maximum Gasteiger partial charge on any atom is 0.269 e. The second-order valence-electron chi connectivity index (χ2n) is 8.40. The van der Waals surface area contributed by atoms with Crippen LogP contribution in [0.15, 0.2) is 107 Å². The molecule has 188 valence electrons. The molecule has 0 bridgehead atoms. The van der Waals surface area contributed by atoms with Crippen LogP contribution in [0.25, 0.3) is 0 Å². The molecule has 9 nitrogen and oxygen atoms in total. The van der Waals surface area contributed by atoms with Crippen LogP contribution in [0.2, 0.25) is 0 Å². The predicted octanol–water partition coefficient (Wildman–Crippen LogP) is 5.53. The van der Waals surface area contributed by atoms with E-state index in [2.05, 4.69) is 56.9 Å². The van der Waals surface area contributed by atoms with Gasteiger partial charge in [0.2, 0.25) is 0 Å². The summed E-state index contributed by atoms with van der Waals surface area (Å²) >= 11 is 0. The molecule has 0 radical (unpaired) electrons. The number of non-ortho nitro benzene ring substituents is 1. The summed E-state index contributed by atoms with van der Waals surface area (Å²) in [5.41, 5.74) is 4.16. The molecule has 1 unspecified atom stereocenters. The van der Waals surface area contributed by atoms with E-state index in [0.29, 0.717) is 30.3 Å². The number of hydrogen-bond donors (Lipinski definition) is 2. The number of aliphatic hydroxyl groups excluding tert-OH is 1. The zero-order valence-electron chi connectivity index (χ0n) is 20.1. The Kier molecular flexibility index (Phi) is 9.01. The first-order valence-electron chi connectivity index (χ1n) is 11.8. The number of nitrogens with zero attached hydrogens (tertiary/aromatic N) is 4. The molecule has 0 spiro atoms. The van der Waals surface area contributed by atoms with Crippen molar-refractivity contribution in [3.05, 3.63) is 124 Å². The average molecular weight is 498 g/mol. The predicted molar refractivity (Wildman–Crippen MR) is 140 cm³/mol. The summed E-state index contributed by atoms with van der Waals surface area (Å²) in [5.74, 6) is 0.866. The molecule has 1 heterocycles. The number of nitro groups is 1. The summed E-state index contributed by atoms with van der Waals surface area (Å²) in [6.45, 7) is 1.16. The maximum absolute atomic E-state index is 10.7. The van der Waals surface area contributed by atoms with Crippen LogP contribution in [0.4, 0.5) is 17.2 Å². The summed E-state index contributed by atoms with van der Waals surface area (Å²) in [6.07, 6.45) is 1.73. The Hall–Kier alpha value is -4.47. The molecule has 3 aromatic carbocycles. The van der Waals surface area contributed by atoms with E-state index in [4.69, 9.17) is 4.74 Å². The van der Waals surface area contributed by atoms with Crippen molar-refractivity contribution in [3.63, 3.8) is 0 Å². The summed E-state index contributed by atoms with van der Waals surface area (Å²) in [7, 11) is 0. The minimum absolute atomic E-state index is 0.0100.